The number of nitrogens with zero attached hydrogens (tertiary/aromatic N) is 2. The molecule has 130 valence electrons. The summed E-state index contributed by atoms with van der Waals surface area (Å²) >= 11 is 0. The van der Waals surface area contributed by atoms with Crippen molar-refractivity contribution in [2.75, 3.05) is 0 Å². The summed E-state index contributed by atoms with van der Waals surface area (Å²) in [6.45, 7) is 6.29. The number of amides is 1. The standard InChI is InChI=1S/C19H28N4O/c1-12(2)23-17-10-5-4-9-16(17)22-19(23)13(3)21-18(24)11-14-7-6-8-15(14)20/h4-5,9-10,12-15H,6-8,11,20H2,1-3H3,(H,21,24)/t13?,14-,15+/m0/s1. The Morgan fingerprint density at radius 3 is 2.75 bits per heavy atom. The maximum absolute atomic E-state index is 12.4. The molecule has 0 saturated heterocycles. The van der Waals surface area contributed by atoms with Gasteiger partial charge in [-0.2, -0.15) is 0 Å². The van der Waals surface area contributed by atoms with Gasteiger partial charge in [-0.3, -0.25) is 4.79 Å². The van der Waals surface area contributed by atoms with Gasteiger partial charge in [-0.15, -0.1) is 0 Å². The molecule has 1 aromatic carbocycles. The molecular weight excluding hydrogens is 300 g/mol. The van der Waals surface area contributed by atoms with Crippen LogP contribution in [-0.2, 0) is 4.79 Å². The second-order valence-electron chi connectivity index (χ2n) is 7.27. The molecule has 1 saturated carbocycles. The quantitative estimate of drug-likeness (QED) is 0.884. The molecule has 24 heavy (non-hydrogen) atoms. The monoisotopic (exact) mass is 328 g/mol. The molecule has 3 atom stereocenters. The Morgan fingerprint density at radius 1 is 1.33 bits per heavy atom. The van der Waals surface area contributed by atoms with Crippen molar-refractivity contribution in [3.8, 4) is 0 Å². The first-order valence-electron chi connectivity index (χ1n) is 8.99. The highest BCUT2D eigenvalue weighted by atomic mass is 16.1. The van der Waals surface area contributed by atoms with Crippen molar-refractivity contribution in [3.63, 3.8) is 0 Å². The van der Waals surface area contributed by atoms with Gasteiger partial charge in [0.1, 0.15) is 5.82 Å². The van der Waals surface area contributed by atoms with Crippen molar-refractivity contribution >= 4 is 16.9 Å². The van der Waals surface area contributed by atoms with E-state index in [-0.39, 0.29) is 24.0 Å². The highest BCUT2D eigenvalue weighted by Crippen LogP contribution is 2.28. The van der Waals surface area contributed by atoms with Crippen LogP contribution in [0, 0.1) is 5.92 Å². The smallest absolute Gasteiger partial charge is 0.220 e. The fraction of sp³-hybridized carbons (Fsp3) is 0.579. The van der Waals surface area contributed by atoms with Crippen LogP contribution in [0.4, 0.5) is 0 Å². The minimum Gasteiger partial charge on any atom is -0.346 e. The van der Waals surface area contributed by atoms with E-state index in [0.29, 0.717) is 12.3 Å². The number of benzene rings is 1. The number of fused-ring (bicyclic) bond motifs is 1. The minimum absolute atomic E-state index is 0.0761. The topological polar surface area (TPSA) is 72.9 Å². The summed E-state index contributed by atoms with van der Waals surface area (Å²) in [5, 5.41) is 3.12. The third-order valence-electron chi connectivity index (χ3n) is 5.07. The average molecular weight is 328 g/mol. The molecule has 3 rings (SSSR count). The fourth-order valence-electron chi connectivity index (χ4n) is 3.83. The minimum atomic E-state index is -0.120. The lowest BCUT2D eigenvalue weighted by atomic mass is 10.00. The van der Waals surface area contributed by atoms with E-state index in [2.05, 4.69) is 29.8 Å². The molecule has 3 N–H and O–H groups in total. The molecule has 0 bridgehead atoms. The second kappa shape index (κ2) is 6.93. The van der Waals surface area contributed by atoms with Crippen LogP contribution in [0.5, 0.6) is 0 Å². The van der Waals surface area contributed by atoms with Crippen molar-refractivity contribution in [1.82, 2.24) is 14.9 Å². The van der Waals surface area contributed by atoms with Crippen molar-refractivity contribution < 1.29 is 4.79 Å². The van der Waals surface area contributed by atoms with Gasteiger partial charge < -0.3 is 15.6 Å². The Kier molecular flexibility index (Phi) is 4.90. The van der Waals surface area contributed by atoms with Crippen LogP contribution in [0.15, 0.2) is 24.3 Å². The lowest BCUT2D eigenvalue weighted by Crippen LogP contribution is -2.33. The van der Waals surface area contributed by atoms with Crippen molar-refractivity contribution in [1.29, 1.82) is 0 Å². The van der Waals surface area contributed by atoms with Crippen molar-refractivity contribution in [2.45, 2.75) is 64.6 Å². The zero-order chi connectivity index (χ0) is 17.3. The van der Waals surface area contributed by atoms with Crippen LogP contribution in [0.1, 0.15) is 64.4 Å². The normalized spacial score (nSPS) is 22.2. The summed E-state index contributed by atoms with van der Waals surface area (Å²) < 4.78 is 2.21. The highest BCUT2D eigenvalue weighted by molar-refractivity contribution is 5.78. The van der Waals surface area contributed by atoms with Gasteiger partial charge in [0.15, 0.2) is 0 Å². The highest BCUT2D eigenvalue weighted by Gasteiger charge is 2.27. The summed E-state index contributed by atoms with van der Waals surface area (Å²) in [7, 11) is 0. The molecule has 2 aromatic rings. The Balaban J connectivity index is 1.77. The van der Waals surface area contributed by atoms with Crippen LogP contribution in [0.2, 0.25) is 0 Å². The predicted molar refractivity (Wildman–Crippen MR) is 96.6 cm³/mol. The fourth-order valence-corrected chi connectivity index (χ4v) is 3.83. The Morgan fingerprint density at radius 2 is 2.08 bits per heavy atom. The van der Waals surface area contributed by atoms with E-state index in [4.69, 9.17) is 10.7 Å². The number of para-hydroxylation sites is 2. The summed E-state index contributed by atoms with van der Waals surface area (Å²) in [5.74, 6) is 1.31. The van der Waals surface area contributed by atoms with Crippen LogP contribution in [-0.4, -0.2) is 21.5 Å². The van der Waals surface area contributed by atoms with E-state index < -0.39 is 0 Å². The molecule has 0 spiro atoms. The van der Waals surface area contributed by atoms with Crippen LogP contribution >= 0.6 is 0 Å². The SMILES string of the molecule is CC(NC(=O)C[C@@H]1CCC[C@H]1N)c1nc2ccccc2n1C(C)C. The zero-order valence-electron chi connectivity index (χ0n) is 14.8. The molecule has 0 radical (unpaired) electrons. The molecule has 5 nitrogen and oxygen atoms in total. The average Bonchev–Trinajstić information content (AvgIpc) is 3.11. The second-order valence-corrected chi connectivity index (χ2v) is 7.27. The first-order valence-corrected chi connectivity index (χ1v) is 8.99. The van der Waals surface area contributed by atoms with E-state index in [9.17, 15) is 4.79 Å². The van der Waals surface area contributed by atoms with Crippen molar-refractivity contribution in [3.05, 3.63) is 30.1 Å². The number of nitrogens with one attached hydrogen (secondary N) is 1. The van der Waals surface area contributed by atoms with Crippen LogP contribution < -0.4 is 11.1 Å². The molecule has 0 aliphatic heterocycles. The van der Waals surface area contributed by atoms with Gasteiger partial charge in [-0.25, -0.2) is 4.98 Å². The predicted octanol–water partition coefficient (Wildman–Crippen LogP) is 3.31. The lowest BCUT2D eigenvalue weighted by molar-refractivity contribution is -0.122. The van der Waals surface area contributed by atoms with E-state index >= 15 is 0 Å². The third-order valence-corrected chi connectivity index (χ3v) is 5.07. The molecule has 1 aliphatic rings. The van der Waals surface area contributed by atoms with E-state index in [0.717, 1.165) is 36.1 Å². The van der Waals surface area contributed by atoms with Gasteiger partial charge >= 0.3 is 0 Å². The molecule has 1 unspecified atom stereocenters. The van der Waals surface area contributed by atoms with Gasteiger partial charge in [0.25, 0.3) is 0 Å². The van der Waals surface area contributed by atoms with Gasteiger partial charge in [0.05, 0.1) is 17.1 Å². The van der Waals surface area contributed by atoms with E-state index in [1.165, 1.54) is 0 Å². The largest absolute Gasteiger partial charge is 0.346 e. The Bertz CT molecular complexity index is 721. The number of carbonyl (C=O) groups excluding carboxylic acids is 1. The van der Waals surface area contributed by atoms with Crippen LogP contribution in [0.25, 0.3) is 11.0 Å². The molecule has 1 fully saturated rings. The number of nitrogens with two attached hydrogens (primary N) is 1. The molecular formula is C19H28N4O. The maximum atomic E-state index is 12.4. The van der Waals surface area contributed by atoms with Gasteiger partial charge in [-0.1, -0.05) is 18.6 Å². The number of hydrogen-bond donors (Lipinski definition) is 2. The third kappa shape index (κ3) is 3.31. The first kappa shape index (κ1) is 17.0. The van der Waals surface area contributed by atoms with E-state index in [1.54, 1.807) is 0 Å². The number of carbonyl (C=O) groups is 1. The Labute approximate surface area is 143 Å². The summed E-state index contributed by atoms with van der Waals surface area (Å²) in [5.41, 5.74) is 8.17. The number of imidazole rings is 1. The molecule has 1 heterocycles. The van der Waals surface area contributed by atoms with Crippen molar-refractivity contribution in [2.24, 2.45) is 11.7 Å². The van der Waals surface area contributed by atoms with Crippen LogP contribution in [0.3, 0.4) is 0 Å². The summed E-state index contributed by atoms with van der Waals surface area (Å²) in [4.78, 5) is 17.2. The number of rotatable bonds is 5. The van der Waals surface area contributed by atoms with Gasteiger partial charge in [-0.05, 0) is 51.7 Å². The molecule has 1 aromatic heterocycles. The van der Waals surface area contributed by atoms with Gasteiger partial charge in [0.2, 0.25) is 5.91 Å². The lowest BCUT2D eigenvalue weighted by Gasteiger charge is -2.20. The van der Waals surface area contributed by atoms with Gasteiger partial charge in [0, 0.05) is 18.5 Å². The number of aromatic nitrogens is 2. The Hall–Kier alpha value is -1.88. The molecule has 5 heteroatoms. The number of hydrogen-bond acceptors (Lipinski definition) is 3. The maximum Gasteiger partial charge on any atom is 0.220 e. The molecule has 1 aliphatic carbocycles. The first-order chi connectivity index (χ1) is 11.5. The van der Waals surface area contributed by atoms with E-state index in [1.807, 2.05) is 25.1 Å². The summed E-state index contributed by atoms with van der Waals surface area (Å²) in [6, 6.07) is 8.46. The zero-order valence-corrected chi connectivity index (χ0v) is 14.8. The summed E-state index contributed by atoms with van der Waals surface area (Å²) in [6.07, 6.45) is 3.76. The molecule has 1 amide bonds.